The summed E-state index contributed by atoms with van der Waals surface area (Å²) in [5, 5.41) is 4.66. The van der Waals surface area contributed by atoms with Crippen molar-refractivity contribution >= 4 is 5.65 Å². The van der Waals surface area contributed by atoms with E-state index in [0.29, 0.717) is 13.2 Å². The summed E-state index contributed by atoms with van der Waals surface area (Å²) in [7, 11) is 0. The van der Waals surface area contributed by atoms with Crippen LogP contribution >= 0.6 is 0 Å². The third-order valence-corrected chi connectivity index (χ3v) is 3.33. The van der Waals surface area contributed by atoms with E-state index in [0.717, 1.165) is 34.6 Å². The molecule has 5 nitrogen and oxygen atoms in total. The fourth-order valence-corrected chi connectivity index (χ4v) is 2.47. The Morgan fingerprint density at radius 2 is 2.10 bits per heavy atom. The predicted molar refractivity (Wildman–Crippen MR) is 82.4 cm³/mol. The zero-order valence-electron chi connectivity index (χ0n) is 12.0. The van der Waals surface area contributed by atoms with Crippen LogP contribution in [0.2, 0.25) is 0 Å². The molecule has 21 heavy (non-hydrogen) atoms. The number of para-hydroxylation sites is 1. The monoisotopic (exact) mass is 282 g/mol. The average molecular weight is 282 g/mol. The molecule has 2 N–H and O–H groups in total. The Labute approximate surface area is 123 Å². The highest BCUT2D eigenvalue weighted by Crippen LogP contribution is 2.32. The van der Waals surface area contributed by atoms with E-state index in [1.54, 1.807) is 10.7 Å². The van der Waals surface area contributed by atoms with Gasteiger partial charge < -0.3 is 10.5 Å². The molecule has 0 fully saturated rings. The summed E-state index contributed by atoms with van der Waals surface area (Å²) in [6.45, 7) is 3.15. The van der Waals surface area contributed by atoms with Crippen molar-refractivity contribution in [2.24, 2.45) is 5.73 Å². The summed E-state index contributed by atoms with van der Waals surface area (Å²) in [4.78, 5) is 4.43. The number of ether oxygens (including phenoxy) is 1. The van der Waals surface area contributed by atoms with Gasteiger partial charge in [0.1, 0.15) is 11.4 Å². The molecular weight excluding hydrogens is 264 g/mol. The molecule has 0 atom stereocenters. The second kappa shape index (κ2) is 5.93. The Bertz CT molecular complexity index is 751. The van der Waals surface area contributed by atoms with Gasteiger partial charge in [-0.05, 0) is 38.1 Å². The summed E-state index contributed by atoms with van der Waals surface area (Å²) in [6, 6.07) is 9.80. The molecule has 0 aliphatic rings. The highest BCUT2D eigenvalue weighted by atomic mass is 16.5. The number of hydrogen-bond acceptors (Lipinski definition) is 4. The van der Waals surface area contributed by atoms with Gasteiger partial charge in [0.2, 0.25) is 0 Å². The molecule has 0 radical (unpaired) electrons. The number of fused-ring (bicyclic) bond motifs is 1. The van der Waals surface area contributed by atoms with E-state index in [1.165, 1.54) is 0 Å². The Morgan fingerprint density at radius 1 is 1.24 bits per heavy atom. The minimum Gasteiger partial charge on any atom is -0.493 e. The van der Waals surface area contributed by atoms with Crippen LogP contribution < -0.4 is 10.5 Å². The Hall–Kier alpha value is -2.40. The molecule has 0 saturated carbocycles. The number of hydrogen-bond donors (Lipinski definition) is 1. The molecule has 0 amide bonds. The number of nitrogens with zero attached hydrogens (tertiary/aromatic N) is 3. The molecule has 108 valence electrons. The van der Waals surface area contributed by atoms with Gasteiger partial charge in [-0.2, -0.15) is 5.10 Å². The van der Waals surface area contributed by atoms with E-state index < -0.39 is 0 Å². The topological polar surface area (TPSA) is 65.4 Å². The van der Waals surface area contributed by atoms with Crippen molar-refractivity contribution in [3.8, 4) is 17.0 Å². The Morgan fingerprint density at radius 3 is 2.90 bits per heavy atom. The van der Waals surface area contributed by atoms with E-state index in [-0.39, 0.29) is 0 Å². The van der Waals surface area contributed by atoms with Crippen LogP contribution in [0.15, 0.2) is 42.7 Å². The van der Waals surface area contributed by atoms with E-state index in [4.69, 9.17) is 10.5 Å². The maximum absolute atomic E-state index is 5.76. The molecule has 0 aliphatic carbocycles. The van der Waals surface area contributed by atoms with Crippen LogP contribution in [0.3, 0.4) is 0 Å². The maximum Gasteiger partial charge on any atom is 0.158 e. The van der Waals surface area contributed by atoms with E-state index in [2.05, 4.69) is 10.1 Å². The molecule has 1 aromatic carbocycles. The van der Waals surface area contributed by atoms with Gasteiger partial charge in [0.05, 0.1) is 6.61 Å². The lowest BCUT2D eigenvalue weighted by molar-refractivity contribution is 0.341. The van der Waals surface area contributed by atoms with E-state index in [9.17, 15) is 0 Å². The van der Waals surface area contributed by atoms with Crippen LogP contribution in [-0.2, 0) is 6.42 Å². The highest BCUT2D eigenvalue weighted by Gasteiger charge is 2.17. The first-order valence-corrected chi connectivity index (χ1v) is 7.09. The van der Waals surface area contributed by atoms with Gasteiger partial charge in [-0.1, -0.05) is 12.1 Å². The van der Waals surface area contributed by atoms with Crippen LogP contribution in [0.4, 0.5) is 0 Å². The molecule has 0 saturated heterocycles. The summed E-state index contributed by atoms with van der Waals surface area (Å²) in [6.07, 6.45) is 4.40. The smallest absolute Gasteiger partial charge is 0.158 e. The lowest BCUT2D eigenvalue weighted by Gasteiger charge is -2.09. The van der Waals surface area contributed by atoms with Crippen molar-refractivity contribution in [1.29, 1.82) is 0 Å². The van der Waals surface area contributed by atoms with Gasteiger partial charge in [-0.3, -0.25) is 0 Å². The molecule has 5 heteroatoms. The van der Waals surface area contributed by atoms with Gasteiger partial charge in [0, 0.05) is 23.5 Å². The Kier molecular flexibility index (Phi) is 3.83. The molecule has 0 unspecified atom stereocenters. The van der Waals surface area contributed by atoms with Gasteiger partial charge in [0.25, 0.3) is 0 Å². The zero-order chi connectivity index (χ0) is 14.7. The first-order chi connectivity index (χ1) is 10.3. The minimum atomic E-state index is 0.557. The molecule has 2 heterocycles. The van der Waals surface area contributed by atoms with Crippen LogP contribution in [-0.4, -0.2) is 27.7 Å². The number of rotatable bonds is 5. The second-order valence-corrected chi connectivity index (χ2v) is 4.68. The summed E-state index contributed by atoms with van der Waals surface area (Å²) < 4.78 is 7.51. The normalized spacial score (nSPS) is 11.0. The number of aromatic nitrogens is 3. The SMILES string of the molecule is CCOc1ccccc1-c1nn2cccnc2c1CCN. The first kappa shape index (κ1) is 13.6. The lowest BCUT2D eigenvalue weighted by Crippen LogP contribution is -2.04. The minimum absolute atomic E-state index is 0.557. The molecule has 2 aromatic heterocycles. The van der Waals surface area contributed by atoms with Crippen molar-refractivity contribution in [1.82, 2.24) is 14.6 Å². The molecule has 0 bridgehead atoms. The van der Waals surface area contributed by atoms with Crippen LogP contribution in [0.5, 0.6) is 5.75 Å². The first-order valence-electron chi connectivity index (χ1n) is 7.09. The summed E-state index contributed by atoms with van der Waals surface area (Å²) in [5.74, 6) is 0.835. The van der Waals surface area contributed by atoms with Crippen molar-refractivity contribution in [3.05, 3.63) is 48.3 Å². The van der Waals surface area contributed by atoms with Gasteiger partial charge in [-0.15, -0.1) is 0 Å². The molecular formula is C16H18N4O. The molecule has 3 aromatic rings. The largest absolute Gasteiger partial charge is 0.493 e. The van der Waals surface area contributed by atoms with Crippen molar-refractivity contribution in [2.75, 3.05) is 13.2 Å². The zero-order valence-corrected chi connectivity index (χ0v) is 12.0. The molecule has 0 spiro atoms. The standard InChI is InChI=1S/C16H18N4O/c1-2-21-14-7-4-3-6-12(14)15-13(8-9-17)16-18-10-5-11-20(16)19-15/h3-7,10-11H,2,8-9,17H2,1H3. The summed E-state index contributed by atoms with van der Waals surface area (Å²) in [5.41, 5.74) is 9.54. The fourth-order valence-electron chi connectivity index (χ4n) is 2.47. The summed E-state index contributed by atoms with van der Waals surface area (Å²) >= 11 is 0. The van der Waals surface area contributed by atoms with Gasteiger partial charge in [0.15, 0.2) is 5.65 Å². The van der Waals surface area contributed by atoms with E-state index >= 15 is 0 Å². The third kappa shape index (κ3) is 2.48. The predicted octanol–water partition coefficient (Wildman–Crippen LogP) is 2.30. The van der Waals surface area contributed by atoms with Gasteiger partial charge >= 0.3 is 0 Å². The van der Waals surface area contributed by atoms with Crippen LogP contribution in [0.25, 0.3) is 16.9 Å². The maximum atomic E-state index is 5.76. The van der Waals surface area contributed by atoms with Crippen molar-refractivity contribution in [2.45, 2.75) is 13.3 Å². The Balaban J connectivity index is 2.22. The third-order valence-electron chi connectivity index (χ3n) is 3.33. The highest BCUT2D eigenvalue weighted by molar-refractivity contribution is 5.75. The van der Waals surface area contributed by atoms with Crippen LogP contribution in [0.1, 0.15) is 12.5 Å². The number of benzene rings is 1. The quantitative estimate of drug-likeness (QED) is 0.780. The number of nitrogens with two attached hydrogens (primary N) is 1. The van der Waals surface area contributed by atoms with E-state index in [1.807, 2.05) is 43.5 Å². The second-order valence-electron chi connectivity index (χ2n) is 4.68. The van der Waals surface area contributed by atoms with Gasteiger partial charge in [-0.25, -0.2) is 9.50 Å². The average Bonchev–Trinajstić information content (AvgIpc) is 2.88. The lowest BCUT2D eigenvalue weighted by atomic mass is 10.0. The molecule has 3 rings (SSSR count). The molecule has 0 aliphatic heterocycles. The van der Waals surface area contributed by atoms with Crippen molar-refractivity contribution in [3.63, 3.8) is 0 Å². The van der Waals surface area contributed by atoms with Crippen molar-refractivity contribution < 1.29 is 4.74 Å². The fraction of sp³-hybridized carbons (Fsp3) is 0.250. The van der Waals surface area contributed by atoms with Crippen LogP contribution in [0, 0.1) is 0 Å².